The summed E-state index contributed by atoms with van der Waals surface area (Å²) >= 11 is 1.91. The van der Waals surface area contributed by atoms with Gasteiger partial charge in [0.1, 0.15) is 5.82 Å². The summed E-state index contributed by atoms with van der Waals surface area (Å²) in [5.41, 5.74) is 0.780. The highest BCUT2D eigenvalue weighted by Crippen LogP contribution is 2.19. The maximum absolute atomic E-state index is 12.1. The molecule has 6 nitrogen and oxygen atoms in total. The Bertz CT molecular complexity index is 887. The van der Waals surface area contributed by atoms with E-state index in [0.717, 1.165) is 55.3 Å². The Labute approximate surface area is 176 Å². The third-order valence-corrected chi connectivity index (χ3v) is 6.20. The number of rotatable bonds is 6. The summed E-state index contributed by atoms with van der Waals surface area (Å²) < 4.78 is 2.71. The van der Waals surface area contributed by atoms with Crippen LogP contribution in [0.1, 0.15) is 12.0 Å². The van der Waals surface area contributed by atoms with Crippen LogP contribution in [0.2, 0.25) is 0 Å². The molecule has 8 heteroatoms. The maximum atomic E-state index is 12.1. The SMILES string of the molecule is Cc1ccc(SCCCN2CCN(c3cc(=O)n(C)c(=O)n3C)CC2)cc1.Cl. The first-order chi connectivity index (χ1) is 13.0. The molecule has 1 aliphatic heterocycles. The number of anilines is 1. The van der Waals surface area contributed by atoms with E-state index in [4.69, 9.17) is 0 Å². The van der Waals surface area contributed by atoms with Crippen LogP contribution < -0.4 is 16.1 Å². The van der Waals surface area contributed by atoms with E-state index in [2.05, 4.69) is 41.0 Å². The van der Waals surface area contributed by atoms with Crippen LogP contribution in [0.5, 0.6) is 0 Å². The number of aromatic nitrogens is 2. The van der Waals surface area contributed by atoms with E-state index in [1.807, 2.05) is 11.8 Å². The van der Waals surface area contributed by atoms with Gasteiger partial charge >= 0.3 is 5.69 Å². The van der Waals surface area contributed by atoms with E-state index in [1.54, 1.807) is 17.7 Å². The fraction of sp³-hybridized carbons (Fsp3) is 0.500. The molecule has 154 valence electrons. The van der Waals surface area contributed by atoms with Gasteiger partial charge < -0.3 is 4.90 Å². The Morgan fingerprint density at radius 2 is 1.61 bits per heavy atom. The number of aryl methyl sites for hydroxylation is 1. The second kappa shape index (κ2) is 10.2. The predicted octanol–water partition coefficient (Wildman–Crippen LogP) is 2.12. The van der Waals surface area contributed by atoms with Crippen LogP contribution in [-0.4, -0.2) is 52.5 Å². The molecule has 0 aliphatic carbocycles. The first kappa shape index (κ1) is 22.6. The molecule has 2 heterocycles. The average Bonchev–Trinajstić information content (AvgIpc) is 2.68. The number of benzene rings is 1. The zero-order chi connectivity index (χ0) is 19.4. The summed E-state index contributed by atoms with van der Waals surface area (Å²) in [7, 11) is 3.24. The van der Waals surface area contributed by atoms with Crippen molar-refractivity contribution in [3.63, 3.8) is 0 Å². The smallest absolute Gasteiger partial charge is 0.332 e. The zero-order valence-corrected chi connectivity index (χ0v) is 18.4. The zero-order valence-electron chi connectivity index (χ0n) is 16.8. The van der Waals surface area contributed by atoms with E-state index in [9.17, 15) is 9.59 Å². The van der Waals surface area contributed by atoms with Crippen molar-refractivity contribution in [2.45, 2.75) is 18.2 Å². The predicted molar refractivity (Wildman–Crippen MR) is 119 cm³/mol. The van der Waals surface area contributed by atoms with Crippen LogP contribution >= 0.6 is 24.2 Å². The number of hydrogen-bond donors (Lipinski definition) is 0. The second-order valence-corrected chi connectivity index (χ2v) is 8.25. The minimum atomic E-state index is -0.270. The molecule has 1 aliphatic rings. The summed E-state index contributed by atoms with van der Waals surface area (Å²) in [5, 5.41) is 0. The molecule has 0 saturated carbocycles. The van der Waals surface area contributed by atoms with E-state index >= 15 is 0 Å². The van der Waals surface area contributed by atoms with Gasteiger partial charge in [0.25, 0.3) is 5.56 Å². The molecular formula is C20H29ClN4O2S. The van der Waals surface area contributed by atoms with Crippen molar-refractivity contribution in [1.82, 2.24) is 14.0 Å². The minimum absolute atomic E-state index is 0. The van der Waals surface area contributed by atoms with E-state index in [1.165, 1.54) is 17.5 Å². The van der Waals surface area contributed by atoms with Gasteiger partial charge in [-0.15, -0.1) is 24.2 Å². The maximum Gasteiger partial charge on any atom is 0.332 e. The van der Waals surface area contributed by atoms with E-state index in [0.29, 0.717) is 0 Å². The summed E-state index contributed by atoms with van der Waals surface area (Å²) in [5.74, 6) is 1.84. The van der Waals surface area contributed by atoms with Crippen molar-refractivity contribution in [3.8, 4) is 0 Å². The highest BCUT2D eigenvalue weighted by atomic mass is 35.5. The standard InChI is InChI=1S/C20H28N4O2S.ClH/c1-16-5-7-17(8-6-16)27-14-4-9-23-10-12-24(13-11-23)18-15-19(25)22(3)20(26)21(18)2;/h5-8,15H,4,9-14H2,1-3H3;1H. The molecule has 0 unspecified atom stereocenters. The van der Waals surface area contributed by atoms with Crippen LogP contribution in [0.4, 0.5) is 5.82 Å². The normalized spacial score (nSPS) is 14.8. The molecule has 0 amide bonds. The Hall–Kier alpha value is -1.70. The monoisotopic (exact) mass is 424 g/mol. The second-order valence-electron chi connectivity index (χ2n) is 7.09. The molecule has 0 radical (unpaired) electrons. The summed E-state index contributed by atoms with van der Waals surface area (Å²) in [6.07, 6.45) is 1.16. The average molecular weight is 425 g/mol. The fourth-order valence-electron chi connectivity index (χ4n) is 3.34. The fourth-order valence-corrected chi connectivity index (χ4v) is 4.18. The molecule has 1 fully saturated rings. The number of thioether (sulfide) groups is 1. The largest absolute Gasteiger partial charge is 0.355 e. The highest BCUT2D eigenvalue weighted by Gasteiger charge is 2.19. The minimum Gasteiger partial charge on any atom is -0.355 e. The first-order valence-corrected chi connectivity index (χ1v) is 10.4. The van der Waals surface area contributed by atoms with Gasteiger partial charge in [0.15, 0.2) is 0 Å². The Morgan fingerprint density at radius 1 is 0.964 bits per heavy atom. The lowest BCUT2D eigenvalue weighted by Crippen LogP contribution is -2.49. The molecule has 0 atom stereocenters. The molecule has 1 aromatic carbocycles. The Morgan fingerprint density at radius 3 is 2.25 bits per heavy atom. The third kappa shape index (κ3) is 5.43. The van der Waals surface area contributed by atoms with Crippen molar-refractivity contribution in [1.29, 1.82) is 0 Å². The van der Waals surface area contributed by atoms with Gasteiger partial charge in [-0.05, 0) is 37.8 Å². The van der Waals surface area contributed by atoms with Crippen molar-refractivity contribution in [3.05, 3.63) is 56.7 Å². The van der Waals surface area contributed by atoms with Gasteiger partial charge in [0.05, 0.1) is 0 Å². The summed E-state index contributed by atoms with van der Waals surface area (Å²) in [4.78, 5) is 30.0. The molecule has 1 aromatic heterocycles. The third-order valence-electron chi connectivity index (χ3n) is 5.11. The Balaban J connectivity index is 0.00000280. The van der Waals surface area contributed by atoms with Gasteiger partial charge in [-0.1, -0.05) is 17.7 Å². The van der Waals surface area contributed by atoms with Crippen LogP contribution in [-0.2, 0) is 14.1 Å². The molecule has 0 spiro atoms. The summed E-state index contributed by atoms with van der Waals surface area (Å²) in [6, 6.07) is 10.3. The highest BCUT2D eigenvalue weighted by molar-refractivity contribution is 7.99. The lowest BCUT2D eigenvalue weighted by molar-refractivity contribution is 0.258. The number of hydrogen-bond acceptors (Lipinski definition) is 5. The van der Waals surface area contributed by atoms with E-state index in [-0.39, 0.29) is 23.7 Å². The van der Waals surface area contributed by atoms with Gasteiger partial charge in [0.2, 0.25) is 0 Å². The lowest BCUT2D eigenvalue weighted by Gasteiger charge is -2.36. The van der Waals surface area contributed by atoms with Crippen molar-refractivity contribution < 1.29 is 0 Å². The number of nitrogens with zero attached hydrogens (tertiary/aromatic N) is 4. The molecule has 1 saturated heterocycles. The van der Waals surface area contributed by atoms with Gasteiger partial charge in [-0.25, -0.2) is 4.79 Å². The molecular weight excluding hydrogens is 396 g/mol. The molecule has 2 aromatic rings. The lowest BCUT2D eigenvalue weighted by atomic mass is 10.2. The Kier molecular flexibility index (Phi) is 8.22. The summed E-state index contributed by atoms with van der Waals surface area (Å²) in [6.45, 7) is 6.79. The van der Waals surface area contributed by atoms with Gasteiger partial charge in [0, 0.05) is 51.2 Å². The van der Waals surface area contributed by atoms with Gasteiger partial charge in [-0.2, -0.15) is 0 Å². The van der Waals surface area contributed by atoms with Crippen molar-refractivity contribution in [2.24, 2.45) is 14.1 Å². The number of halogens is 1. The van der Waals surface area contributed by atoms with Crippen molar-refractivity contribution in [2.75, 3.05) is 43.4 Å². The molecule has 0 bridgehead atoms. The van der Waals surface area contributed by atoms with E-state index < -0.39 is 0 Å². The van der Waals surface area contributed by atoms with Crippen LogP contribution in [0.3, 0.4) is 0 Å². The molecule has 3 rings (SSSR count). The van der Waals surface area contributed by atoms with Crippen LogP contribution in [0.25, 0.3) is 0 Å². The topological polar surface area (TPSA) is 50.5 Å². The number of piperazine rings is 1. The first-order valence-electron chi connectivity index (χ1n) is 9.39. The quantitative estimate of drug-likeness (QED) is 0.525. The molecule has 0 N–H and O–H groups in total. The van der Waals surface area contributed by atoms with Crippen molar-refractivity contribution >= 4 is 30.0 Å². The van der Waals surface area contributed by atoms with Gasteiger partial charge in [-0.3, -0.25) is 18.8 Å². The van der Waals surface area contributed by atoms with Crippen LogP contribution in [0, 0.1) is 6.92 Å². The molecule has 28 heavy (non-hydrogen) atoms. The van der Waals surface area contributed by atoms with Crippen LogP contribution in [0.15, 0.2) is 44.8 Å².